The molecule has 4 heteroatoms. The lowest BCUT2D eigenvalue weighted by molar-refractivity contribution is -0.139. The number of rotatable bonds is 7. The molecule has 0 heterocycles. The lowest BCUT2D eigenvalue weighted by atomic mass is 10.1. The number of hydrogen-bond acceptors (Lipinski definition) is 4. The maximum atomic E-state index is 11.3. The van der Waals surface area contributed by atoms with Gasteiger partial charge in [0.2, 0.25) is 0 Å². The Balaban J connectivity index is 2.02. The van der Waals surface area contributed by atoms with E-state index in [1.165, 1.54) is 0 Å². The summed E-state index contributed by atoms with van der Waals surface area (Å²) in [6.45, 7) is 8.22. The number of benzene rings is 2. The number of esters is 1. The first-order chi connectivity index (χ1) is 10.6. The van der Waals surface area contributed by atoms with Gasteiger partial charge in [0.25, 0.3) is 0 Å². The molecule has 22 heavy (non-hydrogen) atoms. The van der Waals surface area contributed by atoms with Crippen molar-refractivity contribution < 1.29 is 19.0 Å². The minimum absolute atomic E-state index is 0.194. The Hall–Kier alpha value is -2.49. The SMILES string of the molecule is C=C(C)C(=O)OCCOc1cccc2cc(OCC)ccc12. The Morgan fingerprint density at radius 1 is 1.14 bits per heavy atom. The third kappa shape index (κ3) is 4.01. The second kappa shape index (κ2) is 7.50. The molecule has 2 aromatic rings. The van der Waals surface area contributed by atoms with Gasteiger partial charge in [0.05, 0.1) is 6.61 Å². The minimum atomic E-state index is -0.400. The van der Waals surface area contributed by atoms with Gasteiger partial charge in [0.15, 0.2) is 0 Å². The molecule has 2 rings (SSSR count). The van der Waals surface area contributed by atoms with Crippen LogP contribution in [0.1, 0.15) is 13.8 Å². The first-order valence-electron chi connectivity index (χ1n) is 7.23. The standard InChI is InChI=1S/C18H20O4/c1-4-20-15-8-9-16-14(12-15)6-5-7-17(16)21-10-11-22-18(19)13(2)3/h5-9,12H,2,4,10-11H2,1,3H3. The second-order valence-electron chi connectivity index (χ2n) is 4.84. The summed E-state index contributed by atoms with van der Waals surface area (Å²) in [4.78, 5) is 11.3. The van der Waals surface area contributed by atoms with Gasteiger partial charge < -0.3 is 14.2 Å². The highest BCUT2D eigenvalue weighted by Crippen LogP contribution is 2.28. The fraction of sp³-hybridized carbons (Fsp3) is 0.278. The quantitative estimate of drug-likeness (QED) is 0.444. The summed E-state index contributed by atoms with van der Waals surface area (Å²) >= 11 is 0. The summed E-state index contributed by atoms with van der Waals surface area (Å²) in [6.07, 6.45) is 0. The van der Waals surface area contributed by atoms with Crippen LogP contribution in [0.15, 0.2) is 48.6 Å². The van der Waals surface area contributed by atoms with Crippen LogP contribution in [0.25, 0.3) is 10.8 Å². The van der Waals surface area contributed by atoms with E-state index < -0.39 is 5.97 Å². The summed E-state index contributed by atoms with van der Waals surface area (Å²) in [7, 11) is 0. The van der Waals surface area contributed by atoms with Gasteiger partial charge in [-0.2, -0.15) is 0 Å². The highest BCUT2D eigenvalue weighted by atomic mass is 16.6. The molecule has 0 saturated heterocycles. The molecule has 2 aromatic carbocycles. The average Bonchev–Trinajstić information content (AvgIpc) is 2.51. The fourth-order valence-corrected chi connectivity index (χ4v) is 2.02. The van der Waals surface area contributed by atoms with Crippen LogP contribution in [0.2, 0.25) is 0 Å². The molecule has 0 unspecified atom stereocenters. The van der Waals surface area contributed by atoms with E-state index in [0.29, 0.717) is 18.8 Å². The maximum absolute atomic E-state index is 11.3. The van der Waals surface area contributed by atoms with Crippen LogP contribution in [0.4, 0.5) is 0 Å². The van der Waals surface area contributed by atoms with Crippen molar-refractivity contribution in [2.75, 3.05) is 19.8 Å². The molecule has 0 spiro atoms. The largest absolute Gasteiger partial charge is 0.494 e. The zero-order valence-corrected chi connectivity index (χ0v) is 12.9. The lowest BCUT2D eigenvalue weighted by Crippen LogP contribution is -2.12. The van der Waals surface area contributed by atoms with E-state index in [4.69, 9.17) is 14.2 Å². The zero-order chi connectivity index (χ0) is 15.9. The maximum Gasteiger partial charge on any atom is 0.333 e. The van der Waals surface area contributed by atoms with Crippen LogP contribution in [0.3, 0.4) is 0 Å². The lowest BCUT2D eigenvalue weighted by Gasteiger charge is -2.11. The van der Waals surface area contributed by atoms with E-state index in [2.05, 4.69) is 6.58 Å². The van der Waals surface area contributed by atoms with Crippen LogP contribution >= 0.6 is 0 Å². The van der Waals surface area contributed by atoms with E-state index in [-0.39, 0.29) is 6.61 Å². The van der Waals surface area contributed by atoms with Crippen molar-refractivity contribution in [3.63, 3.8) is 0 Å². The third-order valence-electron chi connectivity index (χ3n) is 3.05. The molecule has 4 nitrogen and oxygen atoms in total. The van der Waals surface area contributed by atoms with Crippen LogP contribution in [-0.4, -0.2) is 25.8 Å². The molecule has 0 aliphatic rings. The molecule has 0 atom stereocenters. The first-order valence-corrected chi connectivity index (χ1v) is 7.23. The molecule has 0 aromatic heterocycles. The molecule has 0 amide bonds. The van der Waals surface area contributed by atoms with E-state index in [9.17, 15) is 4.79 Å². The molecule has 0 saturated carbocycles. The predicted molar refractivity (Wildman–Crippen MR) is 86.4 cm³/mol. The Labute approximate surface area is 130 Å². The van der Waals surface area contributed by atoms with Crippen molar-refractivity contribution in [3.8, 4) is 11.5 Å². The van der Waals surface area contributed by atoms with Crippen molar-refractivity contribution >= 4 is 16.7 Å². The smallest absolute Gasteiger partial charge is 0.333 e. The Bertz CT molecular complexity index is 676. The van der Waals surface area contributed by atoms with Gasteiger partial charge in [-0.1, -0.05) is 18.7 Å². The minimum Gasteiger partial charge on any atom is -0.494 e. The molecular formula is C18H20O4. The summed E-state index contributed by atoms with van der Waals surface area (Å²) in [5.74, 6) is 1.19. The average molecular weight is 300 g/mol. The highest BCUT2D eigenvalue weighted by molar-refractivity contribution is 5.89. The van der Waals surface area contributed by atoms with E-state index in [1.54, 1.807) is 6.92 Å². The van der Waals surface area contributed by atoms with Gasteiger partial charge >= 0.3 is 5.97 Å². The zero-order valence-electron chi connectivity index (χ0n) is 12.9. The summed E-state index contributed by atoms with van der Waals surface area (Å²) < 4.78 is 16.2. The molecule has 0 bridgehead atoms. The predicted octanol–water partition coefficient (Wildman–Crippen LogP) is 3.74. The molecule has 0 aliphatic heterocycles. The van der Waals surface area contributed by atoms with Gasteiger partial charge in [-0.15, -0.1) is 0 Å². The topological polar surface area (TPSA) is 44.8 Å². The monoisotopic (exact) mass is 300 g/mol. The van der Waals surface area contributed by atoms with Gasteiger partial charge in [-0.25, -0.2) is 4.79 Å². The Morgan fingerprint density at radius 2 is 1.95 bits per heavy atom. The van der Waals surface area contributed by atoms with Gasteiger partial charge in [-0.3, -0.25) is 0 Å². The highest BCUT2D eigenvalue weighted by Gasteiger charge is 2.05. The third-order valence-corrected chi connectivity index (χ3v) is 3.05. The van der Waals surface area contributed by atoms with E-state index in [1.807, 2.05) is 43.3 Å². The van der Waals surface area contributed by atoms with Crippen LogP contribution in [-0.2, 0) is 9.53 Å². The normalized spacial score (nSPS) is 10.3. The van der Waals surface area contributed by atoms with Gasteiger partial charge in [0, 0.05) is 11.0 Å². The van der Waals surface area contributed by atoms with Crippen molar-refractivity contribution in [2.24, 2.45) is 0 Å². The van der Waals surface area contributed by atoms with Crippen LogP contribution in [0, 0.1) is 0 Å². The number of carbonyl (C=O) groups excluding carboxylic acids is 1. The van der Waals surface area contributed by atoms with Crippen molar-refractivity contribution in [2.45, 2.75) is 13.8 Å². The van der Waals surface area contributed by atoms with E-state index in [0.717, 1.165) is 22.3 Å². The number of fused-ring (bicyclic) bond motifs is 1. The summed E-state index contributed by atoms with van der Waals surface area (Å²) in [5.41, 5.74) is 0.383. The van der Waals surface area contributed by atoms with Gasteiger partial charge in [-0.05, 0) is 43.5 Å². The van der Waals surface area contributed by atoms with Crippen molar-refractivity contribution in [1.82, 2.24) is 0 Å². The summed E-state index contributed by atoms with van der Waals surface area (Å²) in [6, 6.07) is 11.7. The molecular weight excluding hydrogens is 280 g/mol. The number of hydrogen-bond donors (Lipinski definition) is 0. The number of ether oxygens (including phenoxy) is 3. The van der Waals surface area contributed by atoms with Crippen molar-refractivity contribution in [3.05, 3.63) is 48.6 Å². The molecule has 0 fully saturated rings. The van der Waals surface area contributed by atoms with Crippen LogP contribution < -0.4 is 9.47 Å². The Morgan fingerprint density at radius 3 is 2.68 bits per heavy atom. The van der Waals surface area contributed by atoms with E-state index >= 15 is 0 Å². The second-order valence-corrected chi connectivity index (χ2v) is 4.84. The fourth-order valence-electron chi connectivity index (χ4n) is 2.02. The molecule has 0 N–H and O–H groups in total. The molecule has 0 radical (unpaired) electrons. The van der Waals surface area contributed by atoms with Crippen molar-refractivity contribution in [1.29, 1.82) is 0 Å². The van der Waals surface area contributed by atoms with Crippen LogP contribution in [0.5, 0.6) is 11.5 Å². The molecule has 0 aliphatic carbocycles. The summed E-state index contributed by atoms with van der Waals surface area (Å²) in [5, 5.41) is 2.04. The Kier molecular flexibility index (Phi) is 5.42. The molecule has 116 valence electrons. The number of carbonyl (C=O) groups is 1. The first kappa shape index (κ1) is 15.9. The van der Waals surface area contributed by atoms with Gasteiger partial charge in [0.1, 0.15) is 24.7 Å².